The second-order valence-corrected chi connectivity index (χ2v) is 4.99. The molecule has 0 radical (unpaired) electrons. The van der Waals surface area contributed by atoms with Crippen LogP contribution in [0.15, 0.2) is 18.2 Å². The van der Waals surface area contributed by atoms with Crippen molar-refractivity contribution in [2.75, 3.05) is 0 Å². The summed E-state index contributed by atoms with van der Waals surface area (Å²) in [5.41, 5.74) is 3.65. The highest BCUT2D eigenvalue weighted by atomic mass is 16.3. The van der Waals surface area contributed by atoms with E-state index < -0.39 is 0 Å². The number of hydrogen-bond donors (Lipinski definition) is 1. The van der Waals surface area contributed by atoms with Crippen molar-refractivity contribution < 1.29 is 5.11 Å². The Kier molecular flexibility index (Phi) is 2.83. The Morgan fingerprint density at radius 2 is 1.87 bits per heavy atom. The molecule has 1 heteroatoms. The van der Waals surface area contributed by atoms with E-state index in [1.807, 2.05) is 0 Å². The van der Waals surface area contributed by atoms with Crippen LogP contribution in [0.2, 0.25) is 0 Å². The van der Waals surface area contributed by atoms with Crippen LogP contribution in [0.5, 0.6) is 0 Å². The van der Waals surface area contributed by atoms with Gasteiger partial charge >= 0.3 is 0 Å². The fourth-order valence-electron chi connectivity index (χ4n) is 2.13. The van der Waals surface area contributed by atoms with Gasteiger partial charge in [-0.2, -0.15) is 0 Å². The average molecular weight is 204 g/mol. The number of aliphatic hydroxyl groups excluding tert-OH is 1. The SMILES string of the molecule is Cc1ccc(C(O)C(C)C2CC2)cc1C. The quantitative estimate of drug-likeness (QED) is 0.800. The highest BCUT2D eigenvalue weighted by molar-refractivity contribution is 5.31. The van der Waals surface area contributed by atoms with Crippen molar-refractivity contribution in [1.29, 1.82) is 0 Å². The molecule has 0 aromatic heterocycles. The van der Waals surface area contributed by atoms with Gasteiger partial charge in [-0.25, -0.2) is 0 Å². The Labute approximate surface area is 92.1 Å². The monoisotopic (exact) mass is 204 g/mol. The molecule has 2 rings (SSSR count). The van der Waals surface area contributed by atoms with Crippen LogP contribution in [-0.4, -0.2) is 5.11 Å². The Balaban J connectivity index is 2.17. The molecule has 2 unspecified atom stereocenters. The van der Waals surface area contributed by atoms with Crippen molar-refractivity contribution in [3.63, 3.8) is 0 Å². The summed E-state index contributed by atoms with van der Waals surface area (Å²) in [7, 11) is 0. The molecule has 0 aliphatic heterocycles. The van der Waals surface area contributed by atoms with Crippen LogP contribution in [0.4, 0.5) is 0 Å². The summed E-state index contributed by atoms with van der Waals surface area (Å²) in [5.74, 6) is 1.16. The summed E-state index contributed by atoms with van der Waals surface area (Å²) in [6, 6.07) is 6.29. The van der Waals surface area contributed by atoms with Gasteiger partial charge in [-0.1, -0.05) is 25.1 Å². The molecular weight excluding hydrogens is 184 g/mol. The van der Waals surface area contributed by atoms with Gasteiger partial charge < -0.3 is 5.11 Å². The van der Waals surface area contributed by atoms with Crippen LogP contribution in [-0.2, 0) is 0 Å². The minimum Gasteiger partial charge on any atom is -0.388 e. The van der Waals surface area contributed by atoms with Crippen molar-refractivity contribution in [1.82, 2.24) is 0 Å². The molecule has 1 nitrogen and oxygen atoms in total. The fourth-order valence-corrected chi connectivity index (χ4v) is 2.13. The summed E-state index contributed by atoms with van der Waals surface area (Å²) in [6.45, 7) is 6.38. The third-order valence-corrected chi connectivity index (χ3v) is 3.74. The van der Waals surface area contributed by atoms with E-state index in [2.05, 4.69) is 39.0 Å². The third kappa shape index (κ3) is 2.23. The van der Waals surface area contributed by atoms with Crippen LogP contribution < -0.4 is 0 Å². The van der Waals surface area contributed by atoms with Gasteiger partial charge in [-0.3, -0.25) is 0 Å². The van der Waals surface area contributed by atoms with E-state index in [-0.39, 0.29) is 6.10 Å². The highest BCUT2D eigenvalue weighted by Gasteiger charge is 2.33. The molecule has 2 atom stereocenters. The summed E-state index contributed by atoms with van der Waals surface area (Å²) < 4.78 is 0. The summed E-state index contributed by atoms with van der Waals surface area (Å²) in [6.07, 6.45) is 2.31. The van der Waals surface area contributed by atoms with Crippen molar-refractivity contribution in [2.45, 2.75) is 39.7 Å². The first-order chi connectivity index (χ1) is 7.09. The predicted molar refractivity (Wildman–Crippen MR) is 62.8 cm³/mol. The second kappa shape index (κ2) is 3.97. The topological polar surface area (TPSA) is 20.2 Å². The lowest BCUT2D eigenvalue weighted by molar-refractivity contribution is 0.106. The number of aryl methyl sites for hydroxylation is 2. The van der Waals surface area contributed by atoms with E-state index >= 15 is 0 Å². The maximum atomic E-state index is 10.2. The molecular formula is C14H20O. The number of aliphatic hydroxyl groups is 1. The number of benzene rings is 1. The zero-order chi connectivity index (χ0) is 11.0. The number of rotatable bonds is 3. The van der Waals surface area contributed by atoms with E-state index in [0.29, 0.717) is 5.92 Å². The fraction of sp³-hybridized carbons (Fsp3) is 0.571. The van der Waals surface area contributed by atoms with Gasteiger partial charge in [0.15, 0.2) is 0 Å². The smallest absolute Gasteiger partial charge is 0.0818 e. The third-order valence-electron chi connectivity index (χ3n) is 3.74. The first-order valence-electron chi connectivity index (χ1n) is 5.85. The van der Waals surface area contributed by atoms with E-state index in [4.69, 9.17) is 0 Å². The van der Waals surface area contributed by atoms with E-state index in [0.717, 1.165) is 11.5 Å². The summed E-state index contributed by atoms with van der Waals surface area (Å²) in [4.78, 5) is 0. The highest BCUT2D eigenvalue weighted by Crippen LogP contribution is 2.42. The molecule has 0 amide bonds. The summed E-state index contributed by atoms with van der Waals surface area (Å²) in [5, 5.41) is 10.2. The second-order valence-electron chi connectivity index (χ2n) is 4.99. The zero-order valence-electron chi connectivity index (χ0n) is 9.83. The standard InChI is InChI=1S/C14H20O/c1-9-4-5-13(8-10(9)2)14(15)11(3)12-6-7-12/h4-5,8,11-12,14-15H,6-7H2,1-3H3. The molecule has 0 heterocycles. The predicted octanol–water partition coefficient (Wildman–Crippen LogP) is 3.38. The van der Waals surface area contributed by atoms with Gasteiger partial charge in [0.25, 0.3) is 0 Å². The van der Waals surface area contributed by atoms with Crippen LogP contribution in [0.25, 0.3) is 0 Å². The molecule has 1 N–H and O–H groups in total. The molecule has 1 fully saturated rings. The van der Waals surface area contributed by atoms with Gasteiger partial charge in [-0.05, 0) is 55.2 Å². The maximum Gasteiger partial charge on any atom is 0.0818 e. The largest absolute Gasteiger partial charge is 0.388 e. The van der Waals surface area contributed by atoms with Crippen LogP contribution >= 0.6 is 0 Å². The average Bonchev–Trinajstić information content (AvgIpc) is 3.03. The Morgan fingerprint density at radius 1 is 1.20 bits per heavy atom. The van der Waals surface area contributed by atoms with Crippen molar-refractivity contribution in [2.24, 2.45) is 11.8 Å². The molecule has 0 saturated heterocycles. The van der Waals surface area contributed by atoms with Crippen molar-refractivity contribution in [3.8, 4) is 0 Å². The minimum absolute atomic E-state index is 0.281. The van der Waals surface area contributed by atoms with E-state index in [9.17, 15) is 5.11 Å². The molecule has 0 spiro atoms. The lowest BCUT2D eigenvalue weighted by atomic mass is 9.92. The molecule has 1 aliphatic rings. The number of hydrogen-bond acceptors (Lipinski definition) is 1. The first-order valence-corrected chi connectivity index (χ1v) is 5.85. The van der Waals surface area contributed by atoms with E-state index in [1.54, 1.807) is 0 Å². The minimum atomic E-state index is -0.281. The molecule has 1 aliphatic carbocycles. The van der Waals surface area contributed by atoms with Gasteiger partial charge in [0.1, 0.15) is 0 Å². The van der Waals surface area contributed by atoms with Crippen LogP contribution in [0.1, 0.15) is 42.6 Å². The molecule has 82 valence electrons. The Hall–Kier alpha value is -0.820. The Morgan fingerprint density at radius 3 is 2.40 bits per heavy atom. The maximum absolute atomic E-state index is 10.2. The van der Waals surface area contributed by atoms with Gasteiger partial charge in [0, 0.05) is 0 Å². The van der Waals surface area contributed by atoms with Crippen LogP contribution in [0.3, 0.4) is 0 Å². The molecule has 1 aromatic rings. The Bertz CT molecular complexity index is 352. The van der Waals surface area contributed by atoms with Gasteiger partial charge in [0.2, 0.25) is 0 Å². The van der Waals surface area contributed by atoms with Crippen molar-refractivity contribution >= 4 is 0 Å². The molecule has 1 saturated carbocycles. The normalized spacial score (nSPS) is 20.0. The van der Waals surface area contributed by atoms with Gasteiger partial charge in [-0.15, -0.1) is 0 Å². The molecule has 1 aromatic carbocycles. The van der Waals surface area contributed by atoms with E-state index in [1.165, 1.54) is 24.0 Å². The first kappa shape index (κ1) is 10.7. The lowest BCUT2D eigenvalue weighted by Gasteiger charge is -2.19. The molecule has 0 bridgehead atoms. The lowest BCUT2D eigenvalue weighted by Crippen LogP contribution is -2.11. The van der Waals surface area contributed by atoms with Crippen LogP contribution in [0, 0.1) is 25.7 Å². The molecule has 15 heavy (non-hydrogen) atoms. The van der Waals surface area contributed by atoms with Gasteiger partial charge in [0.05, 0.1) is 6.10 Å². The van der Waals surface area contributed by atoms with Crippen molar-refractivity contribution in [3.05, 3.63) is 34.9 Å². The summed E-state index contributed by atoms with van der Waals surface area (Å²) >= 11 is 0. The zero-order valence-corrected chi connectivity index (χ0v) is 9.83.